The zero-order valence-electron chi connectivity index (χ0n) is 9.28. The fraction of sp³-hybridized carbons (Fsp3) is 0.727. The summed E-state index contributed by atoms with van der Waals surface area (Å²) < 4.78 is 5.33. The van der Waals surface area contributed by atoms with E-state index < -0.39 is 0 Å². The van der Waals surface area contributed by atoms with Gasteiger partial charge in [-0.15, -0.1) is 0 Å². The minimum atomic E-state index is 0.486. The highest BCUT2D eigenvalue weighted by Gasteiger charge is 2.25. The van der Waals surface area contributed by atoms with Crippen LogP contribution in [0, 0.1) is 0 Å². The Bertz CT molecular complexity index is 311. The molecule has 0 radical (unpaired) electrons. The highest BCUT2D eigenvalue weighted by Crippen LogP contribution is 2.28. The maximum absolute atomic E-state index is 5.66. The van der Waals surface area contributed by atoms with Gasteiger partial charge >= 0.3 is 0 Å². The van der Waals surface area contributed by atoms with Crippen LogP contribution in [-0.2, 0) is 6.54 Å². The molecule has 4 nitrogen and oxygen atoms in total. The lowest BCUT2D eigenvalue weighted by atomic mass is 9.93. The number of rotatable bonds is 3. The van der Waals surface area contributed by atoms with Crippen LogP contribution in [0.1, 0.15) is 37.0 Å². The zero-order chi connectivity index (χ0) is 10.7. The van der Waals surface area contributed by atoms with Crippen LogP contribution in [0.25, 0.3) is 0 Å². The van der Waals surface area contributed by atoms with Gasteiger partial charge in [0.1, 0.15) is 5.76 Å². The van der Waals surface area contributed by atoms with Gasteiger partial charge in [-0.3, -0.25) is 0 Å². The van der Waals surface area contributed by atoms with Crippen molar-refractivity contribution in [2.45, 2.75) is 32.2 Å². The molecule has 0 amide bonds. The SMILES string of the molecule is CCN1CCCC(c2oncc2CN)C1. The Kier molecular flexibility index (Phi) is 3.38. The molecule has 2 N–H and O–H groups in total. The van der Waals surface area contributed by atoms with E-state index in [1.807, 2.05) is 0 Å². The Balaban J connectivity index is 2.09. The molecule has 1 aromatic heterocycles. The number of hydrogen-bond donors (Lipinski definition) is 1. The van der Waals surface area contributed by atoms with E-state index in [4.69, 9.17) is 10.3 Å². The van der Waals surface area contributed by atoms with Crippen LogP contribution in [0.15, 0.2) is 10.7 Å². The predicted octanol–water partition coefficient (Wildman–Crippen LogP) is 1.33. The summed E-state index contributed by atoms with van der Waals surface area (Å²) in [6, 6.07) is 0. The lowest BCUT2D eigenvalue weighted by Gasteiger charge is -2.30. The van der Waals surface area contributed by atoms with E-state index in [1.54, 1.807) is 6.20 Å². The highest BCUT2D eigenvalue weighted by molar-refractivity contribution is 5.18. The molecule has 0 saturated carbocycles. The lowest BCUT2D eigenvalue weighted by molar-refractivity contribution is 0.197. The quantitative estimate of drug-likeness (QED) is 0.816. The molecule has 15 heavy (non-hydrogen) atoms. The summed E-state index contributed by atoms with van der Waals surface area (Å²) in [5.41, 5.74) is 6.72. The largest absolute Gasteiger partial charge is 0.361 e. The minimum absolute atomic E-state index is 0.486. The van der Waals surface area contributed by atoms with E-state index in [0.717, 1.165) is 24.4 Å². The van der Waals surface area contributed by atoms with Gasteiger partial charge in [-0.05, 0) is 25.9 Å². The van der Waals surface area contributed by atoms with E-state index in [1.165, 1.54) is 19.4 Å². The smallest absolute Gasteiger partial charge is 0.145 e. The third-order valence-electron chi connectivity index (χ3n) is 3.22. The summed E-state index contributed by atoms with van der Waals surface area (Å²) in [5.74, 6) is 1.50. The third-order valence-corrected chi connectivity index (χ3v) is 3.22. The van der Waals surface area contributed by atoms with Crippen LogP contribution >= 0.6 is 0 Å². The molecule has 1 unspecified atom stereocenters. The van der Waals surface area contributed by atoms with Crippen LogP contribution < -0.4 is 5.73 Å². The second-order valence-electron chi connectivity index (χ2n) is 4.15. The molecule has 1 aromatic rings. The summed E-state index contributed by atoms with van der Waals surface area (Å²) in [7, 11) is 0. The molecular weight excluding hydrogens is 190 g/mol. The fourth-order valence-corrected chi connectivity index (χ4v) is 2.32. The van der Waals surface area contributed by atoms with Gasteiger partial charge in [0.25, 0.3) is 0 Å². The van der Waals surface area contributed by atoms with Crippen LogP contribution in [-0.4, -0.2) is 29.7 Å². The summed E-state index contributed by atoms with van der Waals surface area (Å²) in [4.78, 5) is 2.46. The number of likely N-dealkylation sites (tertiary alicyclic amines) is 1. The molecule has 1 saturated heterocycles. The van der Waals surface area contributed by atoms with E-state index in [2.05, 4.69) is 17.0 Å². The first kappa shape index (κ1) is 10.6. The average Bonchev–Trinajstić information content (AvgIpc) is 2.77. The van der Waals surface area contributed by atoms with Crippen molar-refractivity contribution in [1.82, 2.24) is 10.1 Å². The van der Waals surface area contributed by atoms with E-state index in [9.17, 15) is 0 Å². The first-order valence-electron chi connectivity index (χ1n) is 5.71. The van der Waals surface area contributed by atoms with Gasteiger partial charge < -0.3 is 15.2 Å². The summed E-state index contributed by atoms with van der Waals surface area (Å²) >= 11 is 0. The Morgan fingerprint density at radius 2 is 2.53 bits per heavy atom. The van der Waals surface area contributed by atoms with Gasteiger partial charge in [0, 0.05) is 24.6 Å². The van der Waals surface area contributed by atoms with Crippen molar-refractivity contribution in [3.05, 3.63) is 17.5 Å². The van der Waals surface area contributed by atoms with Crippen LogP contribution in [0.2, 0.25) is 0 Å². The Labute approximate surface area is 90.4 Å². The number of nitrogens with two attached hydrogens (primary N) is 1. The summed E-state index contributed by atoms with van der Waals surface area (Å²) in [5, 5.41) is 3.85. The number of likely N-dealkylation sites (N-methyl/N-ethyl adjacent to an activating group) is 1. The minimum Gasteiger partial charge on any atom is -0.361 e. The average molecular weight is 209 g/mol. The first-order chi connectivity index (χ1) is 7.35. The van der Waals surface area contributed by atoms with E-state index in [0.29, 0.717) is 12.5 Å². The third kappa shape index (κ3) is 2.21. The maximum Gasteiger partial charge on any atom is 0.145 e. The topological polar surface area (TPSA) is 55.3 Å². The summed E-state index contributed by atoms with van der Waals surface area (Å²) in [6.07, 6.45) is 4.18. The number of hydrogen-bond acceptors (Lipinski definition) is 4. The van der Waals surface area contributed by atoms with Crippen molar-refractivity contribution in [2.24, 2.45) is 5.73 Å². The maximum atomic E-state index is 5.66. The molecule has 1 atom stereocenters. The van der Waals surface area contributed by atoms with Gasteiger partial charge in [0.2, 0.25) is 0 Å². The van der Waals surface area contributed by atoms with E-state index in [-0.39, 0.29) is 0 Å². The molecule has 0 spiro atoms. The van der Waals surface area contributed by atoms with Crippen molar-refractivity contribution in [3.63, 3.8) is 0 Å². The second-order valence-corrected chi connectivity index (χ2v) is 4.15. The monoisotopic (exact) mass is 209 g/mol. The molecule has 1 aliphatic heterocycles. The molecule has 2 rings (SSSR count). The first-order valence-corrected chi connectivity index (χ1v) is 5.71. The van der Waals surface area contributed by atoms with E-state index >= 15 is 0 Å². The van der Waals surface area contributed by atoms with Crippen molar-refractivity contribution in [3.8, 4) is 0 Å². The highest BCUT2D eigenvalue weighted by atomic mass is 16.5. The van der Waals surface area contributed by atoms with Crippen LogP contribution in [0.5, 0.6) is 0 Å². The predicted molar refractivity (Wildman–Crippen MR) is 58.5 cm³/mol. The van der Waals surface area contributed by atoms with Crippen molar-refractivity contribution >= 4 is 0 Å². The Morgan fingerprint density at radius 1 is 1.67 bits per heavy atom. The standard InChI is InChI=1S/C11H19N3O/c1-2-14-5-3-4-9(8-14)11-10(6-12)7-13-15-11/h7,9H,2-6,8,12H2,1H3. The fourth-order valence-electron chi connectivity index (χ4n) is 2.32. The molecule has 84 valence electrons. The Hall–Kier alpha value is -0.870. The van der Waals surface area contributed by atoms with Gasteiger partial charge in [-0.2, -0.15) is 0 Å². The summed E-state index contributed by atoms with van der Waals surface area (Å²) in [6.45, 7) is 6.13. The van der Waals surface area contributed by atoms with Crippen molar-refractivity contribution in [2.75, 3.05) is 19.6 Å². The molecule has 1 fully saturated rings. The van der Waals surface area contributed by atoms with Gasteiger partial charge in [-0.1, -0.05) is 12.1 Å². The molecule has 2 heterocycles. The number of piperidine rings is 1. The molecule has 0 aliphatic carbocycles. The second kappa shape index (κ2) is 4.77. The van der Waals surface area contributed by atoms with Crippen molar-refractivity contribution in [1.29, 1.82) is 0 Å². The molecule has 0 aromatic carbocycles. The number of aromatic nitrogens is 1. The van der Waals surface area contributed by atoms with Crippen LogP contribution in [0.4, 0.5) is 0 Å². The van der Waals surface area contributed by atoms with Gasteiger partial charge in [0.05, 0.1) is 6.20 Å². The van der Waals surface area contributed by atoms with Crippen molar-refractivity contribution < 1.29 is 4.52 Å². The number of nitrogens with zero attached hydrogens (tertiary/aromatic N) is 2. The molecule has 1 aliphatic rings. The molecule has 0 bridgehead atoms. The Morgan fingerprint density at radius 3 is 3.27 bits per heavy atom. The zero-order valence-corrected chi connectivity index (χ0v) is 9.28. The normalized spacial score (nSPS) is 23.2. The van der Waals surface area contributed by atoms with Gasteiger partial charge in [0.15, 0.2) is 0 Å². The lowest BCUT2D eigenvalue weighted by Crippen LogP contribution is -2.34. The van der Waals surface area contributed by atoms with Gasteiger partial charge in [-0.25, -0.2) is 0 Å². The molecular formula is C11H19N3O. The van der Waals surface area contributed by atoms with Crippen LogP contribution in [0.3, 0.4) is 0 Å². The molecule has 4 heteroatoms.